The van der Waals surface area contributed by atoms with E-state index in [0.717, 1.165) is 64.2 Å². The Morgan fingerprint density at radius 3 is 1.18 bits per heavy atom. The number of rotatable bonds is 22. The van der Waals surface area contributed by atoms with Gasteiger partial charge in [0.05, 0.1) is 0 Å². The predicted octanol–water partition coefficient (Wildman–Crippen LogP) is 9.15. The molecule has 0 aromatic rings. The van der Waals surface area contributed by atoms with Crippen LogP contribution in [0, 0.1) is 0 Å². The lowest BCUT2D eigenvalue weighted by Crippen LogP contribution is -2.17. The lowest BCUT2D eigenvalue weighted by atomic mass is 10.1. The number of unbranched alkanes of at least 4 members (excludes halogenated alkanes) is 14. The maximum atomic E-state index is 11.7. The molecule has 0 saturated heterocycles. The molecule has 0 aromatic carbocycles. The molecule has 5 heteroatoms. The second kappa shape index (κ2) is 25.7. The normalized spacial score (nSPS) is 11.4. The Balaban J connectivity index is 3.53. The molecule has 0 aliphatic heterocycles. The van der Waals surface area contributed by atoms with Crippen LogP contribution in [0.1, 0.15) is 142 Å². The van der Waals surface area contributed by atoms with E-state index in [2.05, 4.69) is 47.6 Å². The molecular formula is C29H50O5. The molecule has 0 heterocycles. The van der Waals surface area contributed by atoms with E-state index >= 15 is 0 Å². The largest absolute Gasteiger partial charge is 0.524 e. The smallest absolute Gasteiger partial charge is 0.360 e. The summed E-state index contributed by atoms with van der Waals surface area (Å²) in [6, 6.07) is 0. The Morgan fingerprint density at radius 2 is 0.794 bits per heavy atom. The molecule has 0 aliphatic rings. The van der Waals surface area contributed by atoms with E-state index < -0.39 is 18.1 Å². The van der Waals surface area contributed by atoms with E-state index in [1.165, 1.54) is 38.5 Å². The van der Waals surface area contributed by atoms with Gasteiger partial charge in [-0.25, -0.2) is 4.79 Å². The predicted molar refractivity (Wildman–Crippen MR) is 140 cm³/mol. The van der Waals surface area contributed by atoms with Gasteiger partial charge in [0.2, 0.25) is 0 Å². The average molecular weight is 479 g/mol. The van der Waals surface area contributed by atoms with Gasteiger partial charge in [0, 0.05) is 12.8 Å². The molecule has 196 valence electrons. The number of ether oxygens (including phenoxy) is 2. The van der Waals surface area contributed by atoms with Crippen LogP contribution < -0.4 is 0 Å². The molecule has 0 saturated carbocycles. The number of carbonyl (C=O) groups is 3. The first kappa shape index (κ1) is 32.1. The Labute approximate surface area is 208 Å². The third-order valence-electron chi connectivity index (χ3n) is 5.68. The van der Waals surface area contributed by atoms with Crippen LogP contribution in [-0.4, -0.2) is 18.1 Å². The van der Waals surface area contributed by atoms with Crippen molar-refractivity contribution in [2.45, 2.75) is 142 Å². The van der Waals surface area contributed by atoms with Crippen LogP contribution in [0.15, 0.2) is 24.3 Å². The molecule has 0 aromatic heterocycles. The van der Waals surface area contributed by atoms with E-state index in [9.17, 15) is 14.4 Å². The molecule has 0 spiro atoms. The van der Waals surface area contributed by atoms with Crippen molar-refractivity contribution in [3.8, 4) is 0 Å². The Morgan fingerprint density at radius 1 is 0.471 bits per heavy atom. The molecule has 0 aliphatic carbocycles. The molecule has 0 rings (SSSR count). The molecule has 0 radical (unpaired) electrons. The van der Waals surface area contributed by atoms with Gasteiger partial charge in [-0.3, -0.25) is 9.59 Å². The second-order valence-corrected chi connectivity index (χ2v) is 9.04. The fourth-order valence-corrected chi connectivity index (χ4v) is 3.55. The topological polar surface area (TPSA) is 69.7 Å². The van der Waals surface area contributed by atoms with E-state index in [-0.39, 0.29) is 12.8 Å². The van der Waals surface area contributed by atoms with Crippen LogP contribution >= 0.6 is 0 Å². The zero-order valence-electron chi connectivity index (χ0n) is 22.0. The number of hydrogen-bond donors (Lipinski definition) is 0. The van der Waals surface area contributed by atoms with Crippen LogP contribution in [0.4, 0.5) is 4.79 Å². The maximum absolute atomic E-state index is 11.7. The maximum Gasteiger partial charge on any atom is 0.524 e. The molecule has 0 fully saturated rings. The van der Waals surface area contributed by atoms with E-state index in [4.69, 9.17) is 0 Å². The average Bonchev–Trinajstić information content (AvgIpc) is 2.80. The summed E-state index contributed by atoms with van der Waals surface area (Å²) in [5.74, 6) is -1.25. The molecule has 0 amide bonds. The molecular weight excluding hydrogens is 428 g/mol. The minimum absolute atomic E-state index is 0.175. The van der Waals surface area contributed by atoms with Crippen molar-refractivity contribution in [2.24, 2.45) is 0 Å². The van der Waals surface area contributed by atoms with E-state index in [1.807, 2.05) is 0 Å². The van der Waals surface area contributed by atoms with Crippen LogP contribution in [-0.2, 0) is 19.1 Å². The monoisotopic (exact) mass is 478 g/mol. The van der Waals surface area contributed by atoms with Gasteiger partial charge in [-0.05, 0) is 51.4 Å². The van der Waals surface area contributed by atoms with Crippen LogP contribution in [0.5, 0.6) is 0 Å². The molecule has 34 heavy (non-hydrogen) atoms. The minimum Gasteiger partial charge on any atom is -0.360 e. The number of esters is 2. The molecule has 5 nitrogen and oxygen atoms in total. The third kappa shape index (κ3) is 24.7. The van der Waals surface area contributed by atoms with E-state index in [1.54, 1.807) is 0 Å². The van der Waals surface area contributed by atoms with Crippen molar-refractivity contribution in [1.29, 1.82) is 0 Å². The first-order valence-corrected chi connectivity index (χ1v) is 13.8. The van der Waals surface area contributed by atoms with Gasteiger partial charge in [0.25, 0.3) is 0 Å². The first-order chi connectivity index (χ1) is 16.6. The van der Waals surface area contributed by atoms with Crippen LogP contribution in [0.3, 0.4) is 0 Å². The SMILES string of the molecule is CCCC/C=C\CCCCCCCC(=O)OC(=O)OC(=O)CCCCCCC/C=C\CCCC. The zero-order chi connectivity index (χ0) is 25.1. The molecule has 0 bridgehead atoms. The van der Waals surface area contributed by atoms with Gasteiger partial charge < -0.3 is 9.47 Å². The highest BCUT2D eigenvalue weighted by Gasteiger charge is 2.15. The highest BCUT2D eigenvalue weighted by molar-refractivity contribution is 5.88. The second-order valence-electron chi connectivity index (χ2n) is 9.04. The van der Waals surface area contributed by atoms with Gasteiger partial charge in [-0.15, -0.1) is 0 Å². The van der Waals surface area contributed by atoms with Gasteiger partial charge in [0.15, 0.2) is 0 Å². The summed E-state index contributed by atoms with van der Waals surface area (Å²) in [5, 5.41) is 0. The summed E-state index contributed by atoms with van der Waals surface area (Å²) < 4.78 is 9.17. The fourth-order valence-electron chi connectivity index (χ4n) is 3.55. The first-order valence-electron chi connectivity index (χ1n) is 13.8. The van der Waals surface area contributed by atoms with Gasteiger partial charge >= 0.3 is 18.1 Å². The lowest BCUT2D eigenvalue weighted by molar-refractivity contribution is -0.146. The quantitative estimate of drug-likeness (QED) is 0.0671. The summed E-state index contributed by atoms with van der Waals surface area (Å²) in [4.78, 5) is 35.0. The molecule has 0 unspecified atom stereocenters. The van der Waals surface area contributed by atoms with Crippen molar-refractivity contribution < 1.29 is 23.9 Å². The highest BCUT2D eigenvalue weighted by atomic mass is 16.8. The minimum atomic E-state index is -1.19. The van der Waals surface area contributed by atoms with Gasteiger partial charge in [0.1, 0.15) is 0 Å². The summed E-state index contributed by atoms with van der Waals surface area (Å²) in [7, 11) is 0. The Kier molecular flexibility index (Phi) is 24.3. The summed E-state index contributed by atoms with van der Waals surface area (Å²) in [6.45, 7) is 4.40. The summed E-state index contributed by atoms with van der Waals surface area (Å²) in [6.07, 6.45) is 27.7. The summed E-state index contributed by atoms with van der Waals surface area (Å²) in [5.41, 5.74) is 0. The van der Waals surface area contributed by atoms with Gasteiger partial charge in [-0.1, -0.05) is 102 Å². The Bertz CT molecular complexity index is 517. The molecule has 0 N–H and O–H groups in total. The third-order valence-corrected chi connectivity index (χ3v) is 5.68. The standard InChI is InChI=1S/C29H50O5/c1-3-5-7-9-11-13-15-17-19-21-23-25-27(30)33-29(32)34-28(31)26-24-22-20-18-16-14-12-10-8-6-4-2/h9-12H,3-8,13-26H2,1-2H3/b11-9-,12-10-. The number of carbonyl (C=O) groups excluding carboxylic acids is 3. The fraction of sp³-hybridized carbons (Fsp3) is 0.759. The Hall–Kier alpha value is -1.91. The summed E-state index contributed by atoms with van der Waals surface area (Å²) >= 11 is 0. The van der Waals surface area contributed by atoms with Crippen molar-refractivity contribution in [2.75, 3.05) is 0 Å². The lowest BCUT2D eigenvalue weighted by Gasteiger charge is -2.04. The zero-order valence-corrected chi connectivity index (χ0v) is 22.0. The van der Waals surface area contributed by atoms with Crippen molar-refractivity contribution >= 4 is 18.1 Å². The van der Waals surface area contributed by atoms with E-state index in [0.29, 0.717) is 12.8 Å². The van der Waals surface area contributed by atoms with Crippen LogP contribution in [0.2, 0.25) is 0 Å². The van der Waals surface area contributed by atoms with Crippen molar-refractivity contribution in [3.63, 3.8) is 0 Å². The number of allylic oxidation sites excluding steroid dienone is 4. The highest BCUT2D eigenvalue weighted by Crippen LogP contribution is 2.11. The number of hydrogen-bond acceptors (Lipinski definition) is 5. The van der Waals surface area contributed by atoms with Crippen molar-refractivity contribution in [1.82, 2.24) is 0 Å². The van der Waals surface area contributed by atoms with Crippen LogP contribution in [0.25, 0.3) is 0 Å². The molecule has 0 atom stereocenters. The van der Waals surface area contributed by atoms with Crippen molar-refractivity contribution in [3.05, 3.63) is 24.3 Å². The van der Waals surface area contributed by atoms with Gasteiger partial charge in [-0.2, -0.15) is 0 Å².